The largest absolute Gasteiger partial charge is 0.488 e. The monoisotopic (exact) mass is 480 g/mol. The molecular weight excluding hydrogens is 455 g/mol. The van der Waals surface area contributed by atoms with E-state index in [9.17, 15) is 9.59 Å². The molecule has 1 aromatic carbocycles. The van der Waals surface area contributed by atoms with Gasteiger partial charge in [0.05, 0.1) is 28.9 Å². The lowest BCUT2D eigenvalue weighted by molar-refractivity contribution is 0.0302. The Morgan fingerprint density at radius 2 is 1.88 bits per heavy atom. The summed E-state index contributed by atoms with van der Waals surface area (Å²) in [5, 5.41) is 6.63. The quantitative estimate of drug-likeness (QED) is 0.608. The highest BCUT2D eigenvalue weighted by Gasteiger charge is 2.24. The maximum Gasteiger partial charge on any atom is 0.273 e. The van der Waals surface area contributed by atoms with Crippen LogP contribution >= 0.6 is 23.2 Å². The molecule has 172 valence electrons. The number of carbonyl (C=O) groups is 2. The molecule has 10 heteroatoms. The average molecular weight is 481 g/mol. The van der Waals surface area contributed by atoms with Crippen molar-refractivity contribution < 1.29 is 19.1 Å². The summed E-state index contributed by atoms with van der Waals surface area (Å²) in [5.41, 5.74) is 1.76. The van der Waals surface area contributed by atoms with Gasteiger partial charge in [0, 0.05) is 24.3 Å². The van der Waals surface area contributed by atoms with Crippen molar-refractivity contribution >= 4 is 40.7 Å². The molecule has 0 radical (unpaired) electrons. The maximum absolute atomic E-state index is 13.0. The average Bonchev–Trinajstić information content (AvgIpc) is 3.08. The minimum Gasteiger partial charge on any atom is -0.488 e. The summed E-state index contributed by atoms with van der Waals surface area (Å²) in [4.78, 5) is 30.5. The number of H-pyrrole nitrogens is 1. The maximum atomic E-state index is 13.0. The van der Waals surface area contributed by atoms with Gasteiger partial charge in [-0.3, -0.25) is 9.59 Å². The lowest BCUT2D eigenvalue weighted by Gasteiger charge is -2.28. The molecule has 0 atom stereocenters. The van der Waals surface area contributed by atoms with Gasteiger partial charge in [-0.1, -0.05) is 23.2 Å². The second kappa shape index (κ2) is 10.1. The molecule has 4 rings (SSSR count). The molecule has 2 aromatic rings. The zero-order valence-electron chi connectivity index (χ0n) is 17.8. The minimum atomic E-state index is -0.438. The number of amides is 2. The predicted octanol–water partition coefficient (Wildman–Crippen LogP) is 3.49. The van der Waals surface area contributed by atoms with Gasteiger partial charge in [0.1, 0.15) is 17.5 Å². The molecule has 0 unspecified atom stereocenters. The Kier molecular flexibility index (Phi) is 7.25. The minimum absolute atomic E-state index is 0.00796. The van der Waals surface area contributed by atoms with Crippen molar-refractivity contribution in [2.24, 2.45) is 0 Å². The highest BCUT2D eigenvalue weighted by Crippen LogP contribution is 2.32. The van der Waals surface area contributed by atoms with E-state index < -0.39 is 5.91 Å². The highest BCUT2D eigenvalue weighted by molar-refractivity contribution is 6.44. The van der Waals surface area contributed by atoms with Crippen LogP contribution < -0.4 is 15.4 Å². The van der Waals surface area contributed by atoms with Crippen molar-refractivity contribution in [1.82, 2.24) is 15.2 Å². The Bertz CT molecular complexity index is 998. The van der Waals surface area contributed by atoms with E-state index >= 15 is 0 Å². The number of piperidine rings is 1. The summed E-state index contributed by atoms with van der Waals surface area (Å²) in [7, 11) is 0. The van der Waals surface area contributed by atoms with Crippen LogP contribution in [0.2, 0.25) is 10.0 Å². The fourth-order valence-corrected chi connectivity index (χ4v) is 4.23. The number of morpholine rings is 1. The Labute approximate surface area is 196 Å². The Morgan fingerprint density at radius 1 is 1.16 bits per heavy atom. The van der Waals surface area contributed by atoms with Crippen LogP contribution in [0.4, 0.5) is 5.69 Å². The number of hydrogen-bond donors (Lipinski definition) is 3. The van der Waals surface area contributed by atoms with Crippen LogP contribution in [-0.2, 0) is 4.74 Å². The fourth-order valence-electron chi connectivity index (χ4n) is 3.81. The van der Waals surface area contributed by atoms with Gasteiger partial charge in [-0.2, -0.15) is 0 Å². The van der Waals surface area contributed by atoms with Gasteiger partial charge >= 0.3 is 0 Å². The van der Waals surface area contributed by atoms with E-state index in [1.807, 2.05) is 0 Å². The number of anilines is 1. The van der Waals surface area contributed by atoms with Gasteiger partial charge in [-0.15, -0.1) is 0 Å². The number of aromatic nitrogens is 1. The number of aryl methyl sites for hydroxylation is 1. The number of nitrogens with one attached hydrogen (secondary N) is 3. The van der Waals surface area contributed by atoms with Gasteiger partial charge in [0.2, 0.25) is 0 Å². The lowest BCUT2D eigenvalue weighted by atomic mass is 10.1. The summed E-state index contributed by atoms with van der Waals surface area (Å²) in [6.07, 6.45) is 1.67. The third kappa shape index (κ3) is 5.04. The van der Waals surface area contributed by atoms with Crippen molar-refractivity contribution in [3.8, 4) is 5.75 Å². The molecular formula is C22H26Cl2N4O4. The van der Waals surface area contributed by atoms with Crippen LogP contribution in [0.15, 0.2) is 18.2 Å². The number of nitrogens with zero attached hydrogens (tertiary/aromatic N) is 1. The van der Waals surface area contributed by atoms with Crippen LogP contribution in [0.5, 0.6) is 5.75 Å². The molecule has 0 saturated carbocycles. The van der Waals surface area contributed by atoms with Crippen molar-refractivity contribution in [3.05, 3.63) is 45.2 Å². The molecule has 3 N–H and O–H groups in total. The molecule has 0 bridgehead atoms. The molecule has 0 aliphatic carbocycles. The standard InChI is InChI=1S/C22H26Cl2N4O4/c1-13-18(23)19(24)20(26-13)21(29)27-16-3-2-14(22(30)28-8-10-31-11-9-28)12-17(16)32-15-4-6-25-7-5-15/h2-3,12,15,25-26H,4-11H2,1H3,(H,27,29). The molecule has 8 nitrogen and oxygen atoms in total. The second-order valence-electron chi connectivity index (χ2n) is 7.89. The van der Waals surface area contributed by atoms with Crippen molar-refractivity contribution in [3.63, 3.8) is 0 Å². The van der Waals surface area contributed by atoms with E-state index in [4.69, 9.17) is 32.7 Å². The van der Waals surface area contributed by atoms with Crippen molar-refractivity contribution in [2.45, 2.75) is 25.9 Å². The van der Waals surface area contributed by atoms with E-state index in [-0.39, 0.29) is 22.7 Å². The van der Waals surface area contributed by atoms with Crippen LogP contribution in [0.1, 0.15) is 39.4 Å². The molecule has 0 spiro atoms. The number of carbonyl (C=O) groups excluding carboxylic acids is 2. The van der Waals surface area contributed by atoms with Gasteiger partial charge in [0.25, 0.3) is 11.8 Å². The van der Waals surface area contributed by atoms with E-state index in [1.54, 1.807) is 30.0 Å². The van der Waals surface area contributed by atoms with Gasteiger partial charge in [0.15, 0.2) is 0 Å². The first-order valence-corrected chi connectivity index (χ1v) is 11.4. The summed E-state index contributed by atoms with van der Waals surface area (Å²) in [6.45, 7) is 5.60. The third-order valence-electron chi connectivity index (χ3n) is 5.64. The summed E-state index contributed by atoms with van der Waals surface area (Å²) in [6, 6.07) is 5.08. The Morgan fingerprint density at radius 3 is 2.53 bits per heavy atom. The zero-order valence-corrected chi connectivity index (χ0v) is 19.3. The first-order valence-electron chi connectivity index (χ1n) is 10.7. The van der Waals surface area contributed by atoms with Crippen LogP contribution in [0, 0.1) is 6.92 Å². The molecule has 2 aliphatic rings. The molecule has 2 fully saturated rings. The third-order valence-corrected chi connectivity index (χ3v) is 6.58. The van der Waals surface area contributed by atoms with E-state index in [1.165, 1.54) is 0 Å². The van der Waals surface area contributed by atoms with Crippen LogP contribution in [0.25, 0.3) is 0 Å². The molecule has 3 heterocycles. The number of rotatable bonds is 5. The number of halogens is 2. The van der Waals surface area contributed by atoms with Crippen molar-refractivity contribution in [1.29, 1.82) is 0 Å². The van der Waals surface area contributed by atoms with Gasteiger partial charge in [-0.25, -0.2) is 0 Å². The molecule has 32 heavy (non-hydrogen) atoms. The second-order valence-corrected chi connectivity index (χ2v) is 8.65. The van der Waals surface area contributed by atoms with Crippen LogP contribution in [0.3, 0.4) is 0 Å². The molecule has 2 saturated heterocycles. The molecule has 2 amide bonds. The van der Waals surface area contributed by atoms with E-state index in [0.29, 0.717) is 54.0 Å². The fraction of sp³-hybridized carbons (Fsp3) is 0.455. The van der Waals surface area contributed by atoms with Crippen molar-refractivity contribution in [2.75, 3.05) is 44.7 Å². The van der Waals surface area contributed by atoms with E-state index in [2.05, 4.69) is 15.6 Å². The summed E-state index contributed by atoms with van der Waals surface area (Å²) in [5.74, 6) is -0.0709. The van der Waals surface area contributed by atoms with Crippen LogP contribution in [-0.4, -0.2) is 67.2 Å². The summed E-state index contributed by atoms with van der Waals surface area (Å²) < 4.78 is 11.6. The topological polar surface area (TPSA) is 95.7 Å². The molecule has 1 aromatic heterocycles. The first-order chi connectivity index (χ1) is 15.4. The molecule has 2 aliphatic heterocycles. The number of ether oxygens (including phenoxy) is 2. The number of aromatic amines is 1. The Balaban J connectivity index is 1.60. The summed E-state index contributed by atoms with van der Waals surface area (Å²) >= 11 is 12.3. The van der Waals surface area contributed by atoms with E-state index in [0.717, 1.165) is 25.9 Å². The normalized spacial score (nSPS) is 17.3. The lowest BCUT2D eigenvalue weighted by Crippen LogP contribution is -2.40. The predicted molar refractivity (Wildman–Crippen MR) is 123 cm³/mol. The SMILES string of the molecule is Cc1[nH]c(C(=O)Nc2ccc(C(=O)N3CCOCC3)cc2OC2CCNCC2)c(Cl)c1Cl. The number of benzene rings is 1. The van der Waals surface area contributed by atoms with Gasteiger partial charge in [-0.05, 0) is 51.1 Å². The van der Waals surface area contributed by atoms with Gasteiger partial charge < -0.3 is 30.0 Å². The highest BCUT2D eigenvalue weighted by atomic mass is 35.5. The zero-order chi connectivity index (χ0) is 22.7. The Hall–Kier alpha value is -2.26. The first kappa shape index (κ1) is 22.9. The number of hydrogen-bond acceptors (Lipinski definition) is 5. The smallest absolute Gasteiger partial charge is 0.273 e.